The van der Waals surface area contributed by atoms with Crippen LogP contribution in [0.2, 0.25) is 0 Å². The number of nitrogens with zero attached hydrogens (tertiary/aromatic N) is 2. The van der Waals surface area contributed by atoms with Gasteiger partial charge >= 0.3 is 0 Å². The lowest BCUT2D eigenvalue weighted by Gasteiger charge is -2.36. The van der Waals surface area contributed by atoms with E-state index in [-0.39, 0.29) is 11.9 Å². The molecule has 4 heteroatoms. The minimum absolute atomic E-state index is 0.148. The number of carbonyl (C=O) groups is 1. The molecule has 0 aromatic rings. The van der Waals surface area contributed by atoms with E-state index in [1.807, 2.05) is 4.90 Å². The first kappa shape index (κ1) is 17.4. The van der Waals surface area contributed by atoms with Gasteiger partial charge in [-0.15, -0.1) is 0 Å². The van der Waals surface area contributed by atoms with Crippen molar-refractivity contribution in [2.75, 3.05) is 26.7 Å². The van der Waals surface area contributed by atoms with Crippen molar-refractivity contribution < 1.29 is 4.79 Å². The molecule has 2 N–H and O–H groups in total. The van der Waals surface area contributed by atoms with E-state index in [1.54, 1.807) is 0 Å². The molecule has 0 saturated carbocycles. The molecule has 1 rings (SSSR count). The van der Waals surface area contributed by atoms with Crippen LogP contribution in [0.4, 0.5) is 0 Å². The summed E-state index contributed by atoms with van der Waals surface area (Å²) in [7, 11) is 2.18. The van der Waals surface area contributed by atoms with Crippen molar-refractivity contribution in [2.24, 2.45) is 17.6 Å². The van der Waals surface area contributed by atoms with Crippen molar-refractivity contribution in [1.29, 1.82) is 0 Å². The minimum atomic E-state index is -0.315. The van der Waals surface area contributed by atoms with E-state index in [9.17, 15) is 4.79 Å². The number of amides is 1. The van der Waals surface area contributed by atoms with Crippen molar-refractivity contribution in [3.05, 3.63) is 0 Å². The number of piperidine rings is 1. The van der Waals surface area contributed by atoms with E-state index in [1.165, 1.54) is 0 Å². The predicted octanol–water partition coefficient (Wildman–Crippen LogP) is 1.94. The third kappa shape index (κ3) is 5.41. The zero-order valence-corrected chi connectivity index (χ0v) is 13.9. The van der Waals surface area contributed by atoms with Crippen LogP contribution in [-0.4, -0.2) is 54.5 Å². The highest BCUT2D eigenvalue weighted by molar-refractivity contribution is 5.81. The van der Waals surface area contributed by atoms with E-state index in [4.69, 9.17) is 5.73 Å². The quantitative estimate of drug-likeness (QED) is 0.810. The van der Waals surface area contributed by atoms with E-state index in [2.05, 4.69) is 39.6 Å². The lowest BCUT2D eigenvalue weighted by molar-refractivity contribution is -0.134. The Bertz CT molecular complexity index is 296. The van der Waals surface area contributed by atoms with E-state index < -0.39 is 0 Å². The summed E-state index contributed by atoms with van der Waals surface area (Å²) in [5, 5.41) is 0. The highest BCUT2D eigenvalue weighted by Crippen LogP contribution is 2.20. The SMILES string of the molecule is CC(C)C[C@@H](N)C(=O)N1CCC(CN(C)C(C)C)CC1. The van der Waals surface area contributed by atoms with Gasteiger partial charge in [-0.3, -0.25) is 4.79 Å². The number of rotatable bonds is 6. The lowest BCUT2D eigenvalue weighted by Crippen LogP contribution is -2.48. The monoisotopic (exact) mass is 283 g/mol. The van der Waals surface area contributed by atoms with Gasteiger partial charge in [-0.1, -0.05) is 13.8 Å². The molecule has 0 unspecified atom stereocenters. The number of carbonyl (C=O) groups excluding carboxylic acids is 1. The average Bonchev–Trinajstić information content (AvgIpc) is 2.37. The Labute approximate surface area is 124 Å². The molecule has 1 saturated heterocycles. The molecule has 4 nitrogen and oxygen atoms in total. The molecule has 0 aromatic carbocycles. The van der Waals surface area contributed by atoms with Gasteiger partial charge in [-0.25, -0.2) is 0 Å². The molecular formula is C16H33N3O. The summed E-state index contributed by atoms with van der Waals surface area (Å²) in [6.45, 7) is 11.6. The lowest BCUT2D eigenvalue weighted by atomic mass is 9.94. The van der Waals surface area contributed by atoms with Gasteiger partial charge in [0.1, 0.15) is 0 Å². The van der Waals surface area contributed by atoms with Gasteiger partial charge in [0.2, 0.25) is 5.91 Å². The van der Waals surface area contributed by atoms with Gasteiger partial charge in [0, 0.05) is 25.7 Å². The number of nitrogens with two attached hydrogens (primary N) is 1. The largest absolute Gasteiger partial charge is 0.341 e. The van der Waals surface area contributed by atoms with Gasteiger partial charge < -0.3 is 15.5 Å². The van der Waals surface area contributed by atoms with Crippen molar-refractivity contribution in [3.8, 4) is 0 Å². The third-order valence-electron chi connectivity index (χ3n) is 4.40. The van der Waals surface area contributed by atoms with Crippen molar-refractivity contribution in [2.45, 2.75) is 59.0 Å². The summed E-state index contributed by atoms with van der Waals surface area (Å²) in [4.78, 5) is 16.6. The zero-order chi connectivity index (χ0) is 15.3. The Balaban J connectivity index is 2.36. The second kappa shape index (κ2) is 7.99. The van der Waals surface area contributed by atoms with Crippen LogP contribution in [0.1, 0.15) is 47.0 Å². The average molecular weight is 283 g/mol. The molecule has 1 aliphatic rings. The number of hydrogen-bond donors (Lipinski definition) is 1. The molecule has 1 aliphatic heterocycles. The molecule has 1 fully saturated rings. The second-order valence-electron chi connectivity index (χ2n) is 7.04. The van der Waals surface area contributed by atoms with Crippen molar-refractivity contribution in [3.63, 3.8) is 0 Å². The van der Waals surface area contributed by atoms with Crippen LogP contribution in [-0.2, 0) is 4.79 Å². The van der Waals surface area contributed by atoms with Crippen LogP contribution in [0.25, 0.3) is 0 Å². The first-order valence-corrected chi connectivity index (χ1v) is 8.05. The molecule has 0 bridgehead atoms. The molecule has 1 amide bonds. The summed E-state index contributed by atoms with van der Waals surface area (Å²) < 4.78 is 0. The van der Waals surface area contributed by atoms with Gasteiger partial charge in [-0.2, -0.15) is 0 Å². The summed E-state index contributed by atoms with van der Waals surface area (Å²) in [6, 6.07) is 0.277. The standard InChI is InChI=1S/C16H33N3O/c1-12(2)10-15(17)16(20)19-8-6-14(7-9-19)11-18(5)13(3)4/h12-15H,6-11,17H2,1-5H3/t15-/m1/s1. The maximum absolute atomic E-state index is 12.3. The second-order valence-corrected chi connectivity index (χ2v) is 7.04. The maximum atomic E-state index is 12.3. The molecular weight excluding hydrogens is 250 g/mol. The van der Waals surface area contributed by atoms with Crippen LogP contribution in [0.15, 0.2) is 0 Å². The van der Waals surface area contributed by atoms with E-state index in [0.29, 0.717) is 17.9 Å². The fraction of sp³-hybridized carbons (Fsp3) is 0.938. The van der Waals surface area contributed by atoms with Gasteiger partial charge in [0.15, 0.2) is 0 Å². The Morgan fingerprint density at radius 3 is 2.25 bits per heavy atom. The molecule has 1 atom stereocenters. The fourth-order valence-corrected chi connectivity index (χ4v) is 2.80. The normalized spacial score (nSPS) is 19.1. The zero-order valence-electron chi connectivity index (χ0n) is 13.9. The first-order valence-electron chi connectivity index (χ1n) is 8.05. The Kier molecular flexibility index (Phi) is 6.96. The van der Waals surface area contributed by atoms with E-state index >= 15 is 0 Å². The van der Waals surface area contributed by atoms with Gasteiger partial charge in [0.05, 0.1) is 6.04 Å². The Morgan fingerprint density at radius 2 is 1.80 bits per heavy atom. The van der Waals surface area contributed by atoms with Crippen molar-refractivity contribution in [1.82, 2.24) is 9.80 Å². The Hall–Kier alpha value is -0.610. The van der Waals surface area contributed by atoms with Crippen LogP contribution in [0, 0.1) is 11.8 Å². The Morgan fingerprint density at radius 1 is 1.25 bits per heavy atom. The molecule has 0 aromatic heterocycles. The van der Waals surface area contributed by atoms with Crippen LogP contribution in [0.5, 0.6) is 0 Å². The summed E-state index contributed by atoms with van der Waals surface area (Å²) >= 11 is 0. The summed E-state index contributed by atoms with van der Waals surface area (Å²) in [5.41, 5.74) is 6.00. The maximum Gasteiger partial charge on any atom is 0.239 e. The molecule has 0 aliphatic carbocycles. The fourth-order valence-electron chi connectivity index (χ4n) is 2.80. The molecule has 0 radical (unpaired) electrons. The highest BCUT2D eigenvalue weighted by atomic mass is 16.2. The topological polar surface area (TPSA) is 49.6 Å². The van der Waals surface area contributed by atoms with Gasteiger partial charge in [-0.05, 0) is 52.0 Å². The minimum Gasteiger partial charge on any atom is -0.341 e. The third-order valence-corrected chi connectivity index (χ3v) is 4.40. The van der Waals surface area contributed by atoms with Crippen LogP contribution < -0.4 is 5.73 Å². The van der Waals surface area contributed by atoms with Crippen LogP contribution in [0.3, 0.4) is 0 Å². The van der Waals surface area contributed by atoms with Crippen LogP contribution >= 0.6 is 0 Å². The summed E-state index contributed by atoms with van der Waals surface area (Å²) in [5.74, 6) is 1.34. The highest BCUT2D eigenvalue weighted by Gasteiger charge is 2.27. The van der Waals surface area contributed by atoms with Crippen molar-refractivity contribution >= 4 is 5.91 Å². The number of likely N-dealkylation sites (tertiary alicyclic amines) is 1. The first-order chi connectivity index (χ1) is 9.31. The summed E-state index contributed by atoms with van der Waals surface area (Å²) in [6.07, 6.45) is 3.00. The predicted molar refractivity (Wildman–Crippen MR) is 84.5 cm³/mol. The number of hydrogen-bond acceptors (Lipinski definition) is 3. The molecule has 20 heavy (non-hydrogen) atoms. The molecule has 0 spiro atoms. The van der Waals surface area contributed by atoms with E-state index in [0.717, 1.165) is 38.9 Å². The van der Waals surface area contributed by atoms with Gasteiger partial charge in [0.25, 0.3) is 0 Å². The molecule has 1 heterocycles. The molecule has 118 valence electrons. The smallest absolute Gasteiger partial charge is 0.239 e.